The van der Waals surface area contributed by atoms with Crippen molar-refractivity contribution in [3.05, 3.63) is 51.2 Å². The first-order valence-electron chi connectivity index (χ1n) is 6.71. The van der Waals surface area contributed by atoms with Crippen LogP contribution in [0, 0.1) is 13.8 Å². The summed E-state index contributed by atoms with van der Waals surface area (Å²) in [5.74, 6) is 0.403. The number of aromatic nitrogens is 1. The highest BCUT2D eigenvalue weighted by Gasteiger charge is 2.14. The van der Waals surface area contributed by atoms with Gasteiger partial charge in [0.2, 0.25) is 5.76 Å². The summed E-state index contributed by atoms with van der Waals surface area (Å²) in [5.41, 5.74) is 1.42. The number of rotatable bonds is 6. The zero-order valence-electron chi connectivity index (χ0n) is 12.3. The fraction of sp³-hybridized carbons (Fsp3) is 0.333. The summed E-state index contributed by atoms with van der Waals surface area (Å²) >= 11 is 11.9. The fourth-order valence-corrected chi connectivity index (χ4v) is 2.34. The molecule has 0 fully saturated rings. The van der Waals surface area contributed by atoms with Crippen molar-refractivity contribution in [2.24, 2.45) is 0 Å². The van der Waals surface area contributed by atoms with E-state index in [4.69, 9.17) is 32.4 Å². The molecule has 0 atom stereocenters. The van der Waals surface area contributed by atoms with Crippen LogP contribution in [0.4, 0.5) is 0 Å². The van der Waals surface area contributed by atoms with Gasteiger partial charge in [-0.1, -0.05) is 29.3 Å². The summed E-state index contributed by atoms with van der Waals surface area (Å²) in [7, 11) is 0. The lowest BCUT2D eigenvalue weighted by atomic mass is 10.2. The summed E-state index contributed by atoms with van der Waals surface area (Å²) in [6.45, 7) is 4.50. The molecule has 0 aliphatic rings. The van der Waals surface area contributed by atoms with Gasteiger partial charge in [-0.2, -0.15) is 0 Å². The van der Waals surface area contributed by atoms with E-state index < -0.39 is 0 Å². The van der Waals surface area contributed by atoms with E-state index in [1.165, 1.54) is 0 Å². The standard InChI is InChI=1S/C15H16Cl2N2O3/c1-9-14(22-10(2)19-9)15(20)18-5-6-21-8-11-3-4-12(16)7-13(11)17/h3-4,7H,5-6,8H2,1-2H3,(H,18,20). The van der Waals surface area contributed by atoms with E-state index in [1.807, 2.05) is 6.07 Å². The van der Waals surface area contributed by atoms with E-state index in [1.54, 1.807) is 26.0 Å². The molecule has 0 aliphatic heterocycles. The van der Waals surface area contributed by atoms with Crippen molar-refractivity contribution in [1.29, 1.82) is 0 Å². The molecule has 0 spiro atoms. The lowest BCUT2D eigenvalue weighted by molar-refractivity contribution is 0.0874. The van der Waals surface area contributed by atoms with Crippen molar-refractivity contribution in [2.45, 2.75) is 20.5 Å². The van der Waals surface area contributed by atoms with Gasteiger partial charge in [0.05, 0.1) is 18.9 Å². The third-order valence-electron chi connectivity index (χ3n) is 2.91. The second-order valence-electron chi connectivity index (χ2n) is 4.69. The van der Waals surface area contributed by atoms with E-state index in [2.05, 4.69) is 10.3 Å². The number of oxazole rings is 1. The van der Waals surface area contributed by atoms with Crippen molar-refractivity contribution < 1.29 is 13.9 Å². The van der Waals surface area contributed by atoms with Gasteiger partial charge < -0.3 is 14.5 Å². The van der Waals surface area contributed by atoms with Crippen LogP contribution in [0.1, 0.15) is 27.7 Å². The molecule has 1 amide bonds. The van der Waals surface area contributed by atoms with Crippen molar-refractivity contribution in [1.82, 2.24) is 10.3 Å². The molecule has 1 aromatic carbocycles. The molecule has 1 heterocycles. The SMILES string of the molecule is Cc1nc(C)c(C(=O)NCCOCc2ccc(Cl)cc2Cl)o1. The number of halogens is 2. The highest BCUT2D eigenvalue weighted by Crippen LogP contribution is 2.21. The fourth-order valence-electron chi connectivity index (χ4n) is 1.88. The van der Waals surface area contributed by atoms with Gasteiger partial charge in [-0.3, -0.25) is 4.79 Å². The molecule has 0 saturated heterocycles. The van der Waals surface area contributed by atoms with Crippen molar-refractivity contribution in [3.63, 3.8) is 0 Å². The Morgan fingerprint density at radius 3 is 2.77 bits per heavy atom. The van der Waals surface area contributed by atoms with Gasteiger partial charge in [-0.15, -0.1) is 0 Å². The molecule has 22 heavy (non-hydrogen) atoms. The Hall–Kier alpha value is -1.56. The maximum absolute atomic E-state index is 11.9. The zero-order valence-corrected chi connectivity index (χ0v) is 13.8. The Kier molecular flexibility index (Phi) is 5.83. The van der Waals surface area contributed by atoms with Crippen molar-refractivity contribution >= 4 is 29.1 Å². The van der Waals surface area contributed by atoms with E-state index in [0.29, 0.717) is 41.4 Å². The first-order chi connectivity index (χ1) is 10.5. The van der Waals surface area contributed by atoms with Crippen LogP contribution < -0.4 is 5.32 Å². The normalized spacial score (nSPS) is 10.7. The van der Waals surface area contributed by atoms with Gasteiger partial charge in [0, 0.05) is 23.5 Å². The average Bonchev–Trinajstić information content (AvgIpc) is 2.79. The van der Waals surface area contributed by atoms with Gasteiger partial charge in [-0.25, -0.2) is 4.98 Å². The van der Waals surface area contributed by atoms with Gasteiger partial charge in [0.15, 0.2) is 5.89 Å². The van der Waals surface area contributed by atoms with Gasteiger partial charge in [0.25, 0.3) is 5.91 Å². The van der Waals surface area contributed by atoms with Gasteiger partial charge in [0.1, 0.15) is 0 Å². The van der Waals surface area contributed by atoms with Crippen LogP contribution in [0.15, 0.2) is 22.6 Å². The maximum Gasteiger partial charge on any atom is 0.289 e. The molecule has 5 nitrogen and oxygen atoms in total. The quantitative estimate of drug-likeness (QED) is 0.815. The summed E-state index contributed by atoms with van der Waals surface area (Å²) in [4.78, 5) is 15.9. The number of amides is 1. The molecule has 0 unspecified atom stereocenters. The molecular weight excluding hydrogens is 327 g/mol. The number of carbonyl (C=O) groups excluding carboxylic acids is 1. The largest absolute Gasteiger partial charge is 0.436 e. The number of carbonyl (C=O) groups is 1. The summed E-state index contributed by atoms with van der Waals surface area (Å²) in [5, 5.41) is 3.85. The molecule has 2 aromatic rings. The highest BCUT2D eigenvalue weighted by atomic mass is 35.5. The summed E-state index contributed by atoms with van der Waals surface area (Å²) < 4.78 is 10.7. The minimum Gasteiger partial charge on any atom is -0.436 e. The smallest absolute Gasteiger partial charge is 0.289 e. The predicted octanol–water partition coefficient (Wildman–Crippen LogP) is 3.54. The molecule has 1 aromatic heterocycles. The second-order valence-corrected chi connectivity index (χ2v) is 5.54. The van der Waals surface area contributed by atoms with Crippen LogP contribution in [-0.4, -0.2) is 24.0 Å². The van der Waals surface area contributed by atoms with Crippen LogP contribution in [0.5, 0.6) is 0 Å². The Labute approximate surface area is 138 Å². The number of benzene rings is 1. The van der Waals surface area contributed by atoms with Crippen molar-refractivity contribution in [2.75, 3.05) is 13.2 Å². The number of hydrogen-bond donors (Lipinski definition) is 1. The van der Waals surface area contributed by atoms with E-state index in [0.717, 1.165) is 5.56 Å². The minimum absolute atomic E-state index is 0.234. The monoisotopic (exact) mass is 342 g/mol. The van der Waals surface area contributed by atoms with Crippen LogP contribution in [0.3, 0.4) is 0 Å². The van der Waals surface area contributed by atoms with Crippen LogP contribution >= 0.6 is 23.2 Å². The Bertz CT molecular complexity index is 671. The molecule has 0 aliphatic carbocycles. The average molecular weight is 343 g/mol. The minimum atomic E-state index is -0.300. The number of ether oxygens (including phenoxy) is 1. The number of hydrogen-bond acceptors (Lipinski definition) is 4. The third kappa shape index (κ3) is 4.47. The van der Waals surface area contributed by atoms with Crippen molar-refractivity contribution in [3.8, 4) is 0 Å². The van der Waals surface area contributed by atoms with Gasteiger partial charge in [-0.05, 0) is 24.6 Å². The zero-order chi connectivity index (χ0) is 16.1. The molecule has 7 heteroatoms. The lowest BCUT2D eigenvalue weighted by Crippen LogP contribution is -2.27. The highest BCUT2D eigenvalue weighted by molar-refractivity contribution is 6.35. The molecule has 0 radical (unpaired) electrons. The van der Waals surface area contributed by atoms with E-state index >= 15 is 0 Å². The first-order valence-corrected chi connectivity index (χ1v) is 7.47. The number of nitrogens with one attached hydrogen (secondary N) is 1. The molecule has 0 saturated carbocycles. The second kappa shape index (κ2) is 7.63. The lowest BCUT2D eigenvalue weighted by Gasteiger charge is -2.07. The van der Waals surface area contributed by atoms with Crippen LogP contribution in [-0.2, 0) is 11.3 Å². The third-order valence-corrected chi connectivity index (χ3v) is 3.50. The summed E-state index contributed by atoms with van der Waals surface area (Å²) in [6, 6.07) is 5.23. The Morgan fingerprint density at radius 2 is 2.14 bits per heavy atom. The molecule has 0 bridgehead atoms. The molecular formula is C15H16Cl2N2O3. The Morgan fingerprint density at radius 1 is 1.36 bits per heavy atom. The first kappa shape index (κ1) is 16.8. The predicted molar refractivity (Wildman–Crippen MR) is 84.4 cm³/mol. The number of aryl methyl sites for hydroxylation is 2. The van der Waals surface area contributed by atoms with E-state index in [-0.39, 0.29) is 11.7 Å². The molecule has 1 N–H and O–H groups in total. The van der Waals surface area contributed by atoms with E-state index in [9.17, 15) is 4.79 Å². The summed E-state index contributed by atoms with van der Waals surface area (Å²) in [6.07, 6.45) is 0. The molecule has 118 valence electrons. The topological polar surface area (TPSA) is 64.4 Å². The molecule has 2 rings (SSSR count). The van der Waals surface area contributed by atoms with Crippen LogP contribution in [0.2, 0.25) is 10.0 Å². The number of nitrogens with zero attached hydrogens (tertiary/aromatic N) is 1. The Balaban J connectivity index is 1.73. The maximum atomic E-state index is 11.9. The van der Waals surface area contributed by atoms with Crippen LogP contribution in [0.25, 0.3) is 0 Å². The van der Waals surface area contributed by atoms with Gasteiger partial charge >= 0.3 is 0 Å².